The van der Waals surface area contributed by atoms with E-state index in [2.05, 4.69) is 223 Å². The average molecular weight is 782 g/mol. The minimum absolute atomic E-state index is 0.0679. The van der Waals surface area contributed by atoms with Crippen LogP contribution in [0, 0.1) is 0 Å². The van der Waals surface area contributed by atoms with E-state index in [9.17, 15) is 0 Å². The molecule has 13 rings (SSSR count). The summed E-state index contributed by atoms with van der Waals surface area (Å²) in [6, 6.07) is 69.2. The topological polar surface area (TPSA) is 24.6 Å². The third-order valence-electron chi connectivity index (χ3n) is 13.3. The van der Waals surface area contributed by atoms with Crippen molar-refractivity contribution in [1.29, 1.82) is 0 Å². The molecule has 0 amide bonds. The van der Waals surface area contributed by atoms with Crippen LogP contribution in [0.15, 0.2) is 192 Å². The minimum atomic E-state index is -0.153. The van der Waals surface area contributed by atoms with Gasteiger partial charge in [-0.25, -0.2) is 0 Å². The van der Waals surface area contributed by atoms with Gasteiger partial charge in [0.1, 0.15) is 5.58 Å². The number of furan rings is 1. The van der Waals surface area contributed by atoms with Crippen LogP contribution in [0.1, 0.15) is 26.3 Å². The van der Waals surface area contributed by atoms with Gasteiger partial charge in [0.25, 0.3) is 0 Å². The highest BCUT2D eigenvalue weighted by atomic mass is 16.3. The number of hydrogen-bond acceptors (Lipinski definition) is 3. The molecule has 0 aliphatic carbocycles. The maximum atomic E-state index is 6.89. The molecule has 0 fully saturated rings. The summed E-state index contributed by atoms with van der Waals surface area (Å²) in [5.74, 6) is 0. The molecule has 0 unspecified atom stereocenters. The van der Waals surface area contributed by atoms with Crippen molar-refractivity contribution in [3.05, 3.63) is 194 Å². The van der Waals surface area contributed by atoms with Gasteiger partial charge >= 0.3 is 6.85 Å². The van der Waals surface area contributed by atoms with Crippen molar-refractivity contribution < 1.29 is 4.42 Å². The average Bonchev–Trinajstić information content (AvgIpc) is 3.85. The van der Waals surface area contributed by atoms with E-state index in [4.69, 9.17) is 4.42 Å². The normalized spacial score (nSPS) is 13.1. The molecule has 288 valence electrons. The number of rotatable bonds is 4. The molecule has 2 aliphatic heterocycles. The van der Waals surface area contributed by atoms with Crippen molar-refractivity contribution in [2.75, 3.05) is 9.71 Å². The largest absolute Gasteiger partial charge is 0.454 e. The summed E-state index contributed by atoms with van der Waals surface area (Å²) in [5.41, 5.74) is 17.3. The molecule has 9 aromatic carbocycles. The van der Waals surface area contributed by atoms with Crippen molar-refractivity contribution in [2.45, 2.75) is 26.2 Å². The molecule has 2 aliphatic rings. The fraction of sp³-hybridized carbons (Fsp3) is 0.0714. The Morgan fingerprint density at radius 2 is 1.15 bits per heavy atom. The molecule has 4 heterocycles. The predicted molar refractivity (Wildman–Crippen MR) is 258 cm³/mol. The highest BCUT2D eigenvalue weighted by Gasteiger charge is 2.45. The van der Waals surface area contributed by atoms with E-state index in [1.165, 1.54) is 71.6 Å². The molecule has 0 radical (unpaired) electrons. The fourth-order valence-corrected chi connectivity index (χ4v) is 10.5. The third kappa shape index (κ3) is 4.83. The van der Waals surface area contributed by atoms with Crippen LogP contribution in [-0.4, -0.2) is 11.4 Å². The molecule has 0 N–H and O–H groups in total. The zero-order valence-electron chi connectivity index (χ0n) is 34.2. The van der Waals surface area contributed by atoms with E-state index < -0.39 is 0 Å². The number of nitrogens with zero attached hydrogens (tertiary/aromatic N) is 3. The number of fused-ring (bicyclic) bond motifs is 12. The third-order valence-corrected chi connectivity index (χ3v) is 13.3. The van der Waals surface area contributed by atoms with Crippen LogP contribution < -0.4 is 20.6 Å². The quantitative estimate of drug-likeness (QED) is 0.166. The molecule has 11 aromatic rings. The standard InChI is InChI=1S/C56H40BN3O/c1-56(2,3)36-29-31-48-45(32-36)46-33-39(58(37-17-6-4-7-18-37)38-19-8-5-9-20-38)34-50-52(46)57(60(48)49-26-15-24-44-41-22-12-13-27-51(41)61-55(44)49)47-25-14-23-42-43-30-28-35-16-10-11-21-40(35)53(43)59(50)54(42)47/h4-34H,1-3H3. The number of hydrogen-bond donors (Lipinski definition) is 0. The monoisotopic (exact) mass is 781 g/mol. The number of aromatic nitrogens is 1. The summed E-state index contributed by atoms with van der Waals surface area (Å²) >= 11 is 0. The van der Waals surface area contributed by atoms with E-state index in [1.54, 1.807) is 0 Å². The first kappa shape index (κ1) is 34.4. The van der Waals surface area contributed by atoms with E-state index in [1.807, 2.05) is 0 Å². The second kappa shape index (κ2) is 12.5. The Hall–Kier alpha value is -7.50. The lowest BCUT2D eigenvalue weighted by Crippen LogP contribution is -2.60. The first-order chi connectivity index (χ1) is 29.9. The van der Waals surface area contributed by atoms with Gasteiger partial charge in [0, 0.05) is 60.9 Å². The number of benzene rings is 9. The van der Waals surface area contributed by atoms with Gasteiger partial charge in [-0.15, -0.1) is 0 Å². The van der Waals surface area contributed by atoms with Crippen molar-refractivity contribution in [3.63, 3.8) is 0 Å². The summed E-state index contributed by atoms with van der Waals surface area (Å²) in [6.07, 6.45) is 0. The van der Waals surface area contributed by atoms with Crippen LogP contribution in [0.25, 0.3) is 71.3 Å². The Bertz CT molecular complexity index is 3560. The van der Waals surface area contributed by atoms with Crippen molar-refractivity contribution >= 4 is 101 Å². The second-order valence-corrected chi connectivity index (χ2v) is 17.7. The van der Waals surface area contributed by atoms with Crippen LogP contribution in [0.4, 0.5) is 28.4 Å². The molecule has 5 heteroatoms. The summed E-state index contributed by atoms with van der Waals surface area (Å²) in [6.45, 7) is 6.79. The SMILES string of the molecule is CC(C)(C)c1ccc2c(c1)-c1cc(N(c3ccccc3)c3ccccc3)cc3c1B(c1cccc4c5ccc6ccccc6c5n-3c14)N2c1cccc2c1oc1ccccc12. The van der Waals surface area contributed by atoms with E-state index >= 15 is 0 Å². The van der Waals surface area contributed by atoms with Gasteiger partial charge in [-0.1, -0.05) is 148 Å². The Morgan fingerprint density at radius 1 is 0.475 bits per heavy atom. The summed E-state index contributed by atoms with van der Waals surface area (Å²) in [7, 11) is 0. The Kier molecular flexibility index (Phi) is 7.05. The number of anilines is 5. The second-order valence-electron chi connectivity index (χ2n) is 17.7. The van der Waals surface area contributed by atoms with Crippen LogP contribution >= 0.6 is 0 Å². The van der Waals surface area contributed by atoms with Gasteiger partial charge in [0.2, 0.25) is 0 Å². The molecule has 0 atom stereocenters. The highest BCUT2D eigenvalue weighted by molar-refractivity contribution is 6.93. The van der Waals surface area contributed by atoms with Gasteiger partial charge < -0.3 is 18.7 Å². The Labute approximate surface area is 354 Å². The Morgan fingerprint density at radius 3 is 1.93 bits per heavy atom. The summed E-state index contributed by atoms with van der Waals surface area (Å²) in [4.78, 5) is 5.01. The lowest BCUT2D eigenvalue weighted by molar-refractivity contribution is 0.590. The molecular formula is C56H40BN3O. The van der Waals surface area contributed by atoms with Gasteiger partial charge in [-0.05, 0) is 93.5 Å². The Balaban J connectivity index is 1.22. The van der Waals surface area contributed by atoms with Gasteiger partial charge in [-0.2, -0.15) is 0 Å². The lowest BCUT2D eigenvalue weighted by Gasteiger charge is -2.43. The van der Waals surface area contributed by atoms with Gasteiger partial charge in [0.05, 0.1) is 16.7 Å². The predicted octanol–water partition coefficient (Wildman–Crippen LogP) is 13.8. The zero-order chi connectivity index (χ0) is 40.6. The van der Waals surface area contributed by atoms with Crippen LogP contribution in [-0.2, 0) is 5.41 Å². The first-order valence-corrected chi connectivity index (χ1v) is 21.3. The molecule has 4 nitrogen and oxygen atoms in total. The maximum Gasteiger partial charge on any atom is 0.333 e. The highest BCUT2D eigenvalue weighted by Crippen LogP contribution is 2.50. The molecular weight excluding hydrogens is 741 g/mol. The van der Waals surface area contributed by atoms with Crippen molar-refractivity contribution in [1.82, 2.24) is 4.57 Å². The fourth-order valence-electron chi connectivity index (χ4n) is 10.5. The maximum absolute atomic E-state index is 6.89. The van der Waals surface area contributed by atoms with Crippen LogP contribution in [0.3, 0.4) is 0 Å². The first-order valence-electron chi connectivity index (χ1n) is 21.3. The van der Waals surface area contributed by atoms with E-state index in [0.717, 1.165) is 44.7 Å². The van der Waals surface area contributed by atoms with Crippen LogP contribution in [0.2, 0.25) is 0 Å². The molecule has 0 bridgehead atoms. The molecule has 2 aromatic heterocycles. The van der Waals surface area contributed by atoms with E-state index in [0.29, 0.717) is 0 Å². The lowest BCUT2D eigenvalue weighted by atomic mass is 9.44. The van der Waals surface area contributed by atoms with Gasteiger partial charge in [0.15, 0.2) is 5.58 Å². The molecule has 61 heavy (non-hydrogen) atoms. The number of para-hydroxylation sites is 5. The molecule has 0 spiro atoms. The minimum Gasteiger partial charge on any atom is -0.454 e. The van der Waals surface area contributed by atoms with Gasteiger partial charge in [-0.3, -0.25) is 0 Å². The summed E-state index contributed by atoms with van der Waals surface area (Å²) in [5, 5.41) is 7.25. The zero-order valence-corrected chi connectivity index (χ0v) is 34.2. The summed E-state index contributed by atoms with van der Waals surface area (Å²) < 4.78 is 9.50. The smallest absolute Gasteiger partial charge is 0.333 e. The van der Waals surface area contributed by atoms with Crippen molar-refractivity contribution in [2.24, 2.45) is 0 Å². The van der Waals surface area contributed by atoms with Crippen molar-refractivity contribution in [3.8, 4) is 16.8 Å². The van der Waals surface area contributed by atoms with E-state index in [-0.39, 0.29) is 12.3 Å². The molecule has 0 saturated carbocycles. The van der Waals surface area contributed by atoms with Crippen LogP contribution in [0.5, 0.6) is 0 Å². The molecule has 0 saturated heterocycles.